The Labute approximate surface area is 127 Å². The minimum atomic E-state index is -3.55. The van der Waals surface area contributed by atoms with Gasteiger partial charge in [-0.3, -0.25) is 4.68 Å². The molecule has 1 aromatic heterocycles. The lowest BCUT2D eigenvalue weighted by atomic mass is 10.4. The summed E-state index contributed by atoms with van der Waals surface area (Å²) in [5.41, 5.74) is 1.04. The average Bonchev–Trinajstić information content (AvgIpc) is 2.64. The fourth-order valence-electron chi connectivity index (χ4n) is 2.25. The number of aryl methyl sites for hydroxylation is 1. The number of hydrogen-bond acceptors (Lipinski definition) is 5. The van der Waals surface area contributed by atoms with Crippen LogP contribution in [-0.4, -0.2) is 73.3 Å². The first-order valence-electron chi connectivity index (χ1n) is 6.97. The number of sulfonamides is 1. The van der Waals surface area contributed by atoms with Crippen LogP contribution in [0.3, 0.4) is 0 Å². The molecule has 1 N–H and O–H groups in total. The SMILES string of the molecule is Cc1nn(CCO)c(C)c1S(=O)(=O)N(C)CCCN(C)C. The minimum absolute atomic E-state index is 0.0693. The van der Waals surface area contributed by atoms with Crippen LogP contribution in [0.2, 0.25) is 0 Å². The molecule has 21 heavy (non-hydrogen) atoms. The summed E-state index contributed by atoms with van der Waals surface area (Å²) in [6.45, 7) is 4.93. The maximum Gasteiger partial charge on any atom is 0.246 e. The Hall–Kier alpha value is -0.960. The Morgan fingerprint density at radius 2 is 1.81 bits per heavy atom. The molecule has 0 radical (unpaired) electrons. The van der Waals surface area contributed by atoms with E-state index >= 15 is 0 Å². The highest BCUT2D eigenvalue weighted by atomic mass is 32.2. The van der Waals surface area contributed by atoms with Crippen molar-refractivity contribution in [3.8, 4) is 0 Å². The molecule has 0 spiro atoms. The van der Waals surface area contributed by atoms with Gasteiger partial charge in [0.1, 0.15) is 4.90 Å². The molecule has 0 saturated carbocycles. The standard InChI is InChI=1S/C13H26N4O3S/c1-11-13(12(2)17(14-11)9-10-18)21(19,20)16(5)8-6-7-15(3)4/h18H,6-10H2,1-5H3. The van der Waals surface area contributed by atoms with E-state index in [1.54, 1.807) is 20.9 Å². The molecule has 0 aliphatic heterocycles. The molecular weight excluding hydrogens is 292 g/mol. The van der Waals surface area contributed by atoms with E-state index in [1.165, 1.54) is 8.99 Å². The topological polar surface area (TPSA) is 78.7 Å². The van der Waals surface area contributed by atoms with E-state index < -0.39 is 10.0 Å². The molecule has 0 fully saturated rings. The molecule has 0 aliphatic carbocycles. The fourth-order valence-corrected chi connectivity index (χ4v) is 3.83. The molecule has 0 aliphatic rings. The monoisotopic (exact) mass is 318 g/mol. The number of aliphatic hydroxyl groups is 1. The molecule has 0 amide bonds. The summed E-state index contributed by atoms with van der Waals surface area (Å²) in [7, 11) is 1.96. The van der Waals surface area contributed by atoms with Crippen LogP contribution >= 0.6 is 0 Å². The summed E-state index contributed by atoms with van der Waals surface area (Å²) >= 11 is 0. The number of hydrogen-bond donors (Lipinski definition) is 1. The molecule has 0 saturated heterocycles. The van der Waals surface area contributed by atoms with Crippen LogP contribution in [0.1, 0.15) is 17.8 Å². The van der Waals surface area contributed by atoms with Gasteiger partial charge in [-0.05, 0) is 40.9 Å². The third-order valence-electron chi connectivity index (χ3n) is 3.37. The van der Waals surface area contributed by atoms with Crippen molar-refractivity contribution in [1.82, 2.24) is 19.0 Å². The zero-order chi connectivity index (χ0) is 16.2. The second kappa shape index (κ2) is 7.35. The Balaban J connectivity index is 2.97. The Bertz CT molecular complexity index is 566. The molecule has 1 aromatic rings. The summed E-state index contributed by atoms with van der Waals surface area (Å²) in [6, 6.07) is 0. The van der Waals surface area contributed by atoms with Crippen molar-refractivity contribution in [2.75, 3.05) is 40.8 Å². The zero-order valence-electron chi connectivity index (χ0n) is 13.5. The number of nitrogens with zero attached hydrogens (tertiary/aromatic N) is 4. The fraction of sp³-hybridized carbons (Fsp3) is 0.769. The minimum Gasteiger partial charge on any atom is -0.394 e. The Kier molecular flexibility index (Phi) is 6.33. The summed E-state index contributed by atoms with van der Waals surface area (Å²) in [5.74, 6) is 0. The van der Waals surface area contributed by atoms with Gasteiger partial charge in [-0.2, -0.15) is 5.10 Å². The normalized spacial score (nSPS) is 12.6. The number of aliphatic hydroxyl groups excluding tert-OH is 1. The highest BCUT2D eigenvalue weighted by Crippen LogP contribution is 2.22. The molecule has 8 heteroatoms. The van der Waals surface area contributed by atoms with E-state index in [0.717, 1.165) is 13.0 Å². The van der Waals surface area contributed by atoms with E-state index in [4.69, 9.17) is 5.11 Å². The quantitative estimate of drug-likeness (QED) is 0.733. The van der Waals surface area contributed by atoms with Crippen molar-refractivity contribution < 1.29 is 13.5 Å². The van der Waals surface area contributed by atoms with E-state index in [-0.39, 0.29) is 11.5 Å². The van der Waals surface area contributed by atoms with E-state index in [2.05, 4.69) is 5.10 Å². The van der Waals surface area contributed by atoms with Gasteiger partial charge in [0, 0.05) is 13.6 Å². The van der Waals surface area contributed by atoms with Crippen LogP contribution in [0.25, 0.3) is 0 Å². The molecule has 0 unspecified atom stereocenters. The first-order chi connectivity index (χ1) is 9.71. The van der Waals surface area contributed by atoms with Gasteiger partial charge in [0.2, 0.25) is 10.0 Å². The third-order valence-corrected chi connectivity index (χ3v) is 5.48. The van der Waals surface area contributed by atoms with Gasteiger partial charge in [-0.15, -0.1) is 0 Å². The van der Waals surface area contributed by atoms with E-state index in [1.807, 2.05) is 19.0 Å². The van der Waals surface area contributed by atoms with Crippen molar-refractivity contribution in [2.45, 2.75) is 31.7 Å². The van der Waals surface area contributed by atoms with Gasteiger partial charge in [0.05, 0.1) is 24.5 Å². The van der Waals surface area contributed by atoms with Gasteiger partial charge in [-0.25, -0.2) is 12.7 Å². The number of aromatic nitrogens is 2. The third kappa shape index (κ3) is 4.26. The maximum atomic E-state index is 12.7. The maximum absolute atomic E-state index is 12.7. The number of rotatable bonds is 8. The summed E-state index contributed by atoms with van der Waals surface area (Å²) in [4.78, 5) is 2.28. The van der Waals surface area contributed by atoms with Crippen molar-refractivity contribution in [1.29, 1.82) is 0 Å². The van der Waals surface area contributed by atoms with E-state index in [9.17, 15) is 8.42 Å². The lowest BCUT2D eigenvalue weighted by Crippen LogP contribution is -2.30. The van der Waals surface area contributed by atoms with Crippen LogP contribution in [0, 0.1) is 13.8 Å². The lowest BCUT2D eigenvalue weighted by Gasteiger charge is -2.18. The molecule has 7 nitrogen and oxygen atoms in total. The van der Waals surface area contributed by atoms with Gasteiger partial charge < -0.3 is 10.0 Å². The van der Waals surface area contributed by atoms with Gasteiger partial charge in [0.25, 0.3) is 0 Å². The lowest BCUT2D eigenvalue weighted by molar-refractivity contribution is 0.267. The highest BCUT2D eigenvalue weighted by molar-refractivity contribution is 7.89. The second-order valence-corrected chi connectivity index (χ2v) is 7.41. The molecule has 122 valence electrons. The smallest absolute Gasteiger partial charge is 0.246 e. The molecule has 1 heterocycles. The van der Waals surface area contributed by atoms with Crippen LogP contribution < -0.4 is 0 Å². The van der Waals surface area contributed by atoms with Gasteiger partial charge in [0.15, 0.2) is 0 Å². The van der Waals surface area contributed by atoms with E-state index in [0.29, 0.717) is 24.5 Å². The summed E-state index contributed by atoms with van der Waals surface area (Å²) in [5, 5.41) is 13.2. The van der Waals surface area contributed by atoms with Crippen LogP contribution in [-0.2, 0) is 16.6 Å². The summed E-state index contributed by atoms with van der Waals surface area (Å²) < 4.78 is 28.2. The molecule has 1 rings (SSSR count). The second-order valence-electron chi connectivity index (χ2n) is 5.43. The van der Waals surface area contributed by atoms with Crippen LogP contribution in [0.15, 0.2) is 4.90 Å². The van der Waals surface area contributed by atoms with Crippen molar-refractivity contribution in [3.63, 3.8) is 0 Å². The Morgan fingerprint density at radius 1 is 1.19 bits per heavy atom. The van der Waals surface area contributed by atoms with Crippen molar-refractivity contribution in [2.24, 2.45) is 0 Å². The Morgan fingerprint density at radius 3 is 2.33 bits per heavy atom. The molecule has 0 aromatic carbocycles. The average molecular weight is 318 g/mol. The van der Waals surface area contributed by atoms with Gasteiger partial charge >= 0.3 is 0 Å². The largest absolute Gasteiger partial charge is 0.394 e. The first-order valence-corrected chi connectivity index (χ1v) is 8.41. The molecule has 0 bridgehead atoms. The van der Waals surface area contributed by atoms with Crippen LogP contribution in [0.4, 0.5) is 0 Å². The highest BCUT2D eigenvalue weighted by Gasteiger charge is 2.28. The van der Waals surface area contributed by atoms with Gasteiger partial charge in [-0.1, -0.05) is 0 Å². The predicted octanol–water partition coefficient (Wildman–Crippen LogP) is 0.0644. The molecule has 0 atom stereocenters. The first kappa shape index (κ1) is 18.1. The predicted molar refractivity (Wildman–Crippen MR) is 81.8 cm³/mol. The molecular formula is C13H26N4O3S. The summed E-state index contributed by atoms with van der Waals surface area (Å²) in [6.07, 6.45) is 0.769. The van der Waals surface area contributed by atoms with Crippen molar-refractivity contribution in [3.05, 3.63) is 11.4 Å². The van der Waals surface area contributed by atoms with Crippen LogP contribution in [0.5, 0.6) is 0 Å². The van der Waals surface area contributed by atoms with Crippen molar-refractivity contribution >= 4 is 10.0 Å². The zero-order valence-corrected chi connectivity index (χ0v) is 14.3.